The summed E-state index contributed by atoms with van der Waals surface area (Å²) in [5.41, 5.74) is 1.26. The lowest BCUT2D eigenvalue weighted by atomic mass is 9.90. The van der Waals surface area contributed by atoms with Crippen LogP contribution in [0.25, 0.3) is 0 Å². The third-order valence-corrected chi connectivity index (χ3v) is 3.42. The molecule has 6 heteroatoms. The molecule has 1 unspecified atom stereocenters. The van der Waals surface area contributed by atoms with E-state index in [1.807, 2.05) is 0 Å². The fraction of sp³-hybridized carbons (Fsp3) is 0.533. The molecule has 1 aromatic heterocycles. The highest BCUT2D eigenvalue weighted by Gasteiger charge is 2.24. The lowest BCUT2D eigenvalue weighted by Gasteiger charge is -2.20. The standard InChI is InChI=1S/C15H22N4O2/c1-15(2,3)11-5-9(6-12(16-4)19-11)14(21)18-10-7-13(20)17-8-10/h5-6,10H,7-8H2,1-4H3,(H,16,19)(H,17,20)(H,18,21). The van der Waals surface area contributed by atoms with Crippen LogP contribution >= 0.6 is 0 Å². The van der Waals surface area contributed by atoms with E-state index < -0.39 is 0 Å². The van der Waals surface area contributed by atoms with Crippen LogP contribution in [0.2, 0.25) is 0 Å². The second-order valence-corrected chi connectivity index (χ2v) is 6.30. The van der Waals surface area contributed by atoms with Gasteiger partial charge in [0.25, 0.3) is 5.91 Å². The zero-order valence-electron chi connectivity index (χ0n) is 12.9. The Balaban J connectivity index is 2.21. The number of hydrogen-bond acceptors (Lipinski definition) is 4. The largest absolute Gasteiger partial charge is 0.373 e. The fourth-order valence-corrected chi connectivity index (χ4v) is 2.15. The molecular formula is C15H22N4O2. The molecule has 0 spiro atoms. The summed E-state index contributed by atoms with van der Waals surface area (Å²) in [5, 5.41) is 8.56. The summed E-state index contributed by atoms with van der Waals surface area (Å²) in [6, 6.07) is 3.38. The molecule has 1 aliphatic heterocycles. The van der Waals surface area contributed by atoms with E-state index in [9.17, 15) is 9.59 Å². The van der Waals surface area contributed by atoms with Gasteiger partial charge in [0, 0.05) is 36.7 Å². The lowest BCUT2D eigenvalue weighted by molar-refractivity contribution is -0.119. The number of carbonyl (C=O) groups excluding carboxylic acids is 2. The summed E-state index contributed by atoms with van der Waals surface area (Å²) in [6.45, 7) is 6.64. The van der Waals surface area contributed by atoms with Gasteiger partial charge in [-0.2, -0.15) is 0 Å². The fourth-order valence-electron chi connectivity index (χ4n) is 2.15. The van der Waals surface area contributed by atoms with Crippen molar-refractivity contribution >= 4 is 17.6 Å². The van der Waals surface area contributed by atoms with Gasteiger partial charge in [0.15, 0.2) is 0 Å². The Morgan fingerprint density at radius 3 is 2.62 bits per heavy atom. The first-order valence-corrected chi connectivity index (χ1v) is 7.07. The zero-order chi connectivity index (χ0) is 15.6. The number of aromatic nitrogens is 1. The average Bonchev–Trinajstić information content (AvgIpc) is 2.82. The van der Waals surface area contributed by atoms with Gasteiger partial charge in [0.2, 0.25) is 5.91 Å². The van der Waals surface area contributed by atoms with E-state index >= 15 is 0 Å². The molecule has 1 saturated heterocycles. The molecule has 1 fully saturated rings. The maximum atomic E-state index is 12.3. The Labute approximate surface area is 124 Å². The number of nitrogens with one attached hydrogen (secondary N) is 3. The van der Waals surface area contributed by atoms with Crippen LogP contribution in [0.4, 0.5) is 5.82 Å². The summed E-state index contributed by atoms with van der Waals surface area (Å²) >= 11 is 0. The maximum absolute atomic E-state index is 12.3. The minimum absolute atomic E-state index is 0.0266. The van der Waals surface area contributed by atoms with Crippen LogP contribution in [0, 0.1) is 0 Å². The molecule has 0 aliphatic carbocycles. The van der Waals surface area contributed by atoms with Crippen LogP contribution in [0.1, 0.15) is 43.2 Å². The van der Waals surface area contributed by atoms with Crippen molar-refractivity contribution in [3.05, 3.63) is 23.4 Å². The van der Waals surface area contributed by atoms with E-state index in [-0.39, 0.29) is 23.3 Å². The molecule has 2 heterocycles. The molecule has 6 nitrogen and oxygen atoms in total. The van der Waals surface area contributed by atoms with Gasteiger partial charge in [-0.3, -0.25) is 9.59 Å². The summed E-state index contributed by atoms with van der Waals surface area (Å²) < 4.78 is 0. The minimum atomic E-state index is -0.180. The number of nitrogens with zero attached hydrogens (tertiary/aromatic N) is 1. The Hall–Kier alpha value is -2.11. The Morgan fingerprint density at radius 2 is 2.10 bits per heavy atom. The van der Waals surface area contributed by atoms with Gasteiger partial charge in [-0.1, -0.05) is 20.8 Å². The lowest BCUT2D eigenvalue weighted by Crippen LogP contribution is -2.36. The van der Waals surface area contributed by atoms with Gasteiger partial charge >= 0.3 is 0 Å². The van der Waals surface area contributed by atoms with Crippen LogP contribution in [0.3, 0.4) is 0 Å². The van der Waals surface area contributed by atoms with Crippen molar-refractivity contribution in [2.45, 2.75) is 38.6 Å². The molecule has 1 aromatic rings. The maximum Gasteiger partial charge on any atom is 0.251 e. The van der Waals surface area contributed by atoms with Gasteiger partial charge in [-0.15, -0.1) is 0 Å². The quantitative estimate of drug-likeness (QED) is 0.776. The molecule has 0 radical (unpaired) electrons. The Kier molecular flexibility index (Phi) is 4.16. The first-order chi connectivity index (χ1) is 9.79. The highest BCUT2D eigenvalue weighted by molar-refractivity contribution is 5.96. The number of rotatable bonds is 3. The van der Waals surface area contributed by atoms with E-state index in [4.69, 9.17) is 0 Å². The van der Waals surface area contributed by atoms with Gasteiger partial charge in [0.1, 0.15) is 5.82 Å². The molecule has 0 bridgehead atoms. The van der Waals surface area contributed by atoms with Crippen molar-refractivity contribution in [2.75, 3.05) is 18.9 Å². The molecule has 2 amide bonds. The van der Waals surface area contributed by atoms with Crippen LogP contribution in [-0.4, -0.2) is 36.4 Å². The molecule has 3 N–H and O–H groups in total. The predicted octanol–water partition coefficient (Wildman–Crippen LogP) is 1.04. The Morgan fingerprint density at radius 1 is 1.38 bits per heavy atom. The van der Waals surface area contributed by atoms with Gasteiger partial charge < -0.3 is 16.0 Å². The molecule has 0 aromatic carbocycles. The van der Waals surface area contributed by atoms with Crippen molar-refractivity contribution in [2.24, 2.45) is 0 Å². The summed E-state index contributed by atoms with van der Waals surface area (Å²) in [6.07, 6.45) is 0.335. The molecular weight excluding hydrogens is 268 g/mol. The van der Waals surface area contributed by atoms with Crippen molar-refractivity contribution < 1.29 is 9.59 Å². The molecule has 2 rings (SSSR count). The minimum Gasteiger partial charge on any atom is -0.373 e. The molecule has 0 saturated carbocycles. The third-order valence-electron chi connectivity index (χ3n) is 3.42. The monoisotopic (exact) mass is 290 g/mol. The number of amides is 2. The van der Waals surface area contributed by atoms with E-state index in [1.165, 1.54) is 0 Å². The molecule has 114 valence electrons. The highest BCUT2D eigenvalue weighted by atomic mass is 16.2. The van der Waals surface area contributed by atoms with Crippen LogP contribution in [-0.2, 0) is 10.2 Å². The van der Waals surface area contributed by atoms with Crippen molar-refractivity contribution in [3.63, 3.8) is 0 Å². The normalized spacial score (nSPS) is 18.3. The smallest absolute Gasteiger partial charge is 0.251 e. The third kappa shape index (κ3) is 3.71. The summed E-state index contributed by atoms with van der Waals surface area (Å²) in [4.78, 5) is 28.0. The summed E-state index contributed by atoms with van der Waals surface area (Å²) in [5.74, 6) is 0.454. The highest BCUT2D eigenvalue weighted by Crippen LogP contribution is 2.23. The second-order valence-electron chi connectivity index (χ2n) is 6.30. The molecule has 21 heavy (non-hydrogen) atoms. The predicted molar refractivity (Wildman–Crippen MR) is 81.4 cm³/mol. The van der Waals surface area contributed by atoms with Crippen molar-refractivity contribution in [3.8, 4) is 0 Å². The van der Waals surface area contributed by atoms with E-state index in [1.54, 1.807) is 19.2 Å². The van der Waals surface area contributed by atoms with Gasteiger partial charge in [-0.05, 0) is 12.1 Å². The van der Waals surface area contributed by atoms with Crippen molar-refractivity contribution in [1.82, 2.24) is 15.6 Å². The van der Waals surface area contributed by atoms with E-state index in [0.29, 0.717) is 24.3 Å². The SMILES string of the molecule is CNc1cc(C(=O)NC2CNC(=O)C2)cc(C(C)(C)C)n1. The number of pyridine rings is 1. The van der Waals surface area contributed by atoms with E-state index in [2.05, 4.69) is 41.7 Å². The molecule has 1 aliphatic rings. The van der Waals surface area contributed by atoms with Gasteiger partial charge in [-0.25, -0.2) is 4.98 Å². The van der Waals surface area contributed by atoms with Crippen LogP contribution in [0.5, 0.6) is 0 Å². The number of carbonyl (C=O) groups is 2. The van der Waals surface area contributed by atoms with Gasteiger partial charge in [0.05, 0.1) is 6.04 Å². The van der Waals surface area contributed by atoms with Crippen LogP contribution in [0.15, 0.2) is 12.1 Å². The first-order valence-electron chi connectivity index (χ1n) is 7.07. The number of hydrogen-bond donors (Lipinski definition) is 3. The number of anilines is 1. The van der Waals surface area contributed by atoms with Crippen molar-refractivity contribution in [1.29, 1.82) is 0 Å². The zero-order valence-corrected chi connectivity index (χ0v) is 12.9. The average molecular weight is 290 g/mol. The second kappa shape index (κ2) is 5.71. The van der Waals surface area contributed by atoms with Crippen LogP contribution < -0.4 is 16.0 Å². The molecule has 1 atom stereocenters. The topological polar surface area (TPSA) is 83.1 Å². The first kappa shape index (κ1) is 15.3. The summed E-state index contributed by atoms with van der Waals surface area (Å²) in [7, 11) is 1.77. The Bertz CT molecular complexity index is 563. The van der Waals surface area contributed by atoms with E-state index in [0.717, 1.165) is 5.69 Å².